The lowest BCUT2D eigenvalue weighted by Gasteiger charge is -2.13. The second kappa shape index (κ2) is 9.98. The summed E-state index contributed by atoms with van der Waals surface area (Å²) in [6.07, 6.45) is 0.963. The molecule has 0 aliphatic carbocycles. The molecule has 1 aliphatic rings. The van der Waals surface area contributed by atoms with Gasteiger partial charge in [-0.3, -0.25) is 9.35 Å². The summed E-state index contributed by atoms with van der Waals surface area (Å²) in [4.78, 5) is 11.8. The zero-order valence-corrected chi connectivity index (χ0v) is 17.2. The first-order valence-corrected chi connectivity index (χ1v) is 10.7. The van der Waals surface area contributed by atoms with Crippen molar-refractivity contribution >= 4 is 32.0 Å². The number of carbonyl (C=O) groups is 1. The van der Waals surface area contributed by atoms with Gasteiger partial charge >= 0.3 is 5.97 Å². The first-order chi connectivity index (χ1) is 12.8. The van der Waals surface area contributed by atoms with Crippen molar-refractivity contribution in [2.45, 2.75) is 35.7 Å². The SMILES string of the molecule is Cc1ccc(S(=O)(=O)O)cc1.O=C(OCc1ccccc1)[C@H]1NCCC1Br. The van der Waals surface area contributed by atoms with Crippen LogP contribution in [0.5, 0.6) is 0 Å². The standard InChI is InChI=1S/C12H14BrNO2.C7H8O3S/c13-10-6-7-14-11(10)12(15)16-8-9-4-2-1-3-5-9;1-6-2-4-7(5-3-6)11(8,9)10/h1-5,10-11,14H,6-8H2;2-5H,1H3,(H,8,9,10)/t10?,11-;/m0./s1. The van der Waals surface area contributed by atoms with Gasteiger partial charge in [0, 0.05) is 4.83 Å². The quantitative estimate of drug-likeness (QED) is 0.417. The van der Waals surface area contributed by atoms with Crippen molar-refractivity contribution in [3.63, 3.8) is 0 Å². The number of rotatable bonds is 4. The predicted molar refractivity (Wildman–Crippen MR) is 106 cm³/mol. The van der Waals surface area contributed by atoms with Gasteiger partial charge in [0.2, 0.25) is 0 Å². The maximum atomic E-state index is 11.7. The van der Waals surface area contributed by atoms with Crippen LogP contribution < -0.4 is 5.32 Å². The van der Waals surface area contributed by atoms with Gasteiger partial charge in [0.05, 0.1) is 4.90 Å². The number of halogens is 1. The minimum absolute atomic E-state index is 0.0666. The molecule has 2 aromatic rings. The minimum Gasteiger partial charge on any atom is -0.460 e. The molecular weight excluding hydrogens is 434 g/mol. The van der Waals surface area contributed by atoms with Gasteiger partial charge in [-0.05, 0) is 37.6 Å². The second-order valence-corrected chi connectivity index (χ2v) is 8.72. The number of carbonyl (C=O) groups excluding carboxylic acids is 1. The third kappa shape index (κ3) is 7.06. The fourth-order valence-electron chi connectivity index (χ4n) is 2.43. The molecule has 6 nitrogen and oxygen atoms in total. The van der Waals surface area contributed by atoms with Crippen LogP contribution in [0.25, 0.3) is 0 Å². The lowest BCUT2D eigenvalue weighted by atomic mass is 10.2. The smallest absolute Gasteiger partial charge is 0.324 e. The normalized spacial score (nSPS) is 19.1. The Balaban J connectivity index is 0.000000208. The van der Waals surface area contributed by atoms with E-state index in [0.717, 1.165) is 24.1 Å². The fourth-order valence-corrected chi connectivity index (χ4v) is 3.54. The number of hydrogen-bond donors (Lipinski definition) is 2. The van der Waals surface area contributed by atoms with E-state index in [1.807, 2.05) is 37.3 Å². The van der Waals surface area contributed by atoms with Gasteiger partial charge in [0.25, 0.3) is 10.1 Å². The van der Waals surface area contributed by atoms with Gasteiger partial charge in [-0.15, -0.1) is 0 Å². The van der Waals surface area contributed by atoms with E-state index < -0.39 is 10.1 Å². The van der Waals surface area contributed by atoms with Gasteiger partial charge in [-0.25, -0.2) is 0 Å². The maximum Gasteiger partial charge on any atom is 0.324 e. The van der Waals surface area contributed by atoms with E-state index in [2.05, 4.69) is 21.2 Å². The summed E-state index contributed by atoms with van der Waals surface area (Å²) in [7, 11) is -4.02. The summed E-state index contributed by atoms with van der Waals surface area (Å²) in [5.74, 6) is -0.178. The molecule has 1 heterocycles. The summed E-state index contributed by atoms with van der Waals surface area (Å²) in [6, 6.07) is 15.5. The van der Waals surface area contributed by atoms with E-state index >= 15 is 0 Å². The molecule has 146 valence electrons. The number of esters is 1. The summed E-state index contributed by atoms with van der Waals surface area (Å²) in [6.45, 7) is 3.05. The molecule has 0 radical (unpaired) electrons. The van der Waals surface area contributed by atoms with E-state index in [0.29, 0.717) is 6.61 Å². The third-order valence-electron chi connectivity index (χ3n) is 3.94. The Kier molecular flexibility index (Phi) is 7.97. The number of alkyl halides is 1. The molecule has 0 bridgehead atoms. The number of ether oxygens (including phenoxy) is 1. The zero-order valence-electron chi connectivity index (χ0n) is 14.8. The molecule has 2 aromatic carbocycles. The molecule has 8 heteroatoms. The Bertz CT molecular complexity index is 840. The average molecular weight is 456 g/mol. The van der Waals surface area contributed by atoms with E-state index in [-0.39, 0.29) is 21.7 Å². The molecule has 2 N–H and O–H groups in total. The average Bonchev–Trinajstić information content (AvgIpc) is 3.07. The molecule has 0 saturated carbocycles. The van der Waals surface area contributed by atoms with Crippen molar-refractivity contribution in [1.82, 2.24) is 5.32 Å². The van der Waals surface area contributed by atoms with E-state index in [1.165, 1.54) is 12.1 Å². The largest absolute Gasteiger partial charge is 0.460 e. The summed E-state index contributed by atoms with van der Waals surface area (Å²) >= 11 is 3.47. The van der Waals surface area contributed by atoms with E-state index in [1.54, 1.807) is 12.1 Å². The van der Waals surface area contributed by atoms with Crippen molar-refractivity contribution < 1.29 is 22.5 Å². The molecule has 0 spiro atoms. The Hall–Kier alpha value is -1.74. The van der Waals surface area contributed by atoms with Crippen LogP contribution in [0.2, 0.25) is 0 Å². The van der Waals surface area contributed by atoms with Crippen molar-refractivity contribution in [3.8, 4) is 0 Å². The Morgan fingerprint density at radius 3 is 2.33 bits per heavy atom. The molecule has 1 unspecified atom stereocenters. The fraction of sp³-hybridized carbons (Fsp3) is 0.316. The van der Waals surface area contributed by atoms with Gasteiger partial charge < -0.3 is 10.1 Å². The predicted octanol–water partition coefficient (Wildman–Crippen LogP) is 3.10. The van der Waals surface area contributed by atoms with Crippen molar-refractivity contribution in [3.05, 3.63) is 65.7 Å². The second-order valence-electron chi connectivity index (χ2n) is 6.12. The minimum atomic E-state index is -4.02. The van der Waals surface area contributed by atoms with Crippen molar-refractivity contribution in [1.29, 1.82) is 0 Å². The molecule has 27 heavy (non-hydrogen) atoms. The van der Waals surface area contributed by atoms with Crippen LogP contribution in [0, 0.1) is 6.92 Å². The Morgan fingerprint density at radius 1 is 1.19 bits per heavy atom. The van der Waals surface area contributed by atoms with Gasteiger partial charge in [0.15, 0.2) is 0 Å². The lowest BCUT2D eigenvalue weighted by Crippen LogP contribution is -2.37. The van der Waals surface area contributed by atoms with E-state index in [9.17, 15) is 13.2 Å². The summed E-state index contributed by atoms with van der Waals surface area (Å²) < 4.78 is 34.8. The highest BCUT2D eigenvalue weighted by atomic mass is 79.9. The van der Waals surface area contributed by atoms with Crippen LogP contribution in [0.4, 0.5) is 0 Å². The number of aryl methyl sites for hydroxylation is 1. The van der Waals surface area contributed by atoms with Crippen LogP contribution in [-0.4, -0.2) is 36.4 Å². The highest BCUT2D eigenvalue weighted by Gasteiger charge is 2.31. The van der Waals surface area contributed by atoms with Gasteiger partial charge in [-0.1, -0.05) is 64.0 Å². The molecule has 0 amide bonds. The zero-order chi connectivity index (χ0) is 19.9. The van der Waals surface area contributed by atoms with Gasteiger partial charge in [0.1, 0.15) is 12.6 Å². The molecule has 0 aromatic heterocycles. The molecular formula is C19H22BrNO5S. The first-order valence-electron chi connectivity index (χ1n) is 8.39. The molecule has 1 fully saturated rings. The highest BCUT2D eigenvalue weighted by molar-refractivity contribution is 9.09. The molecule has 1 aliphatic heterocycles. The number of hydrogen-bond acceptors (Lipinski definition) is 5. The van der Waals surface area contributed by atoms with Crippen LogP contribution in [0.15, 0.2) is 59.5 Å². The lowest BCUT2D eigenvalue weighted by molar-refractivity contribution is -0.146. The summed E-state index contributed by atoms with van der Waals surface area (Å²) in [5, 5.41) is 3.12. The van der Waals surface area contributed by atoms with Crippen molar-refractivity contribution in [2.24, 2.45) is 0 Å². The molecule has 3 rings (SSSR count). The maximum absolute atomic E-state index is 11.7. The van der Waals surface area contributed by atoms with Crippen LogP contribution in [-0.2, 0) is 26.3 Å². The third-order valence-corrected chi connectivity index (χ3v) is 5.80. The van der Waals surface area contributed by atoms with Crippen LogP contribution in [0.3, 0.4) is 0 Å². The van der Waals surface area contributed by atoms with Crippen molar-refractivity contribution in [2.75, 3.05) is 6.54 Å². The monoisotopic (exact) mass is 455 g/mol. The first kappa shape index (κ1) is 21.6. The highest BCUT2D eigenvalue weighted by Crippen LogP contribution is 2.17. The van der Waals surface area contributed by atoms with E-state index in [4.69, 9.17) is 9.29 Å². The number of nitrogens with one attached hydrogen (secondary N) is 1. The topological polar surface area (TPSA) is 92.7 Å². The Labute approximate surface area is 167 Å². The number of benzene rings is 2. The van der Waals surface area contributed by atoms with Crippen LogP contribution >= 0.6 is 15.9 Å². The van der Waals surface area contributed by atoms with Gasteiger partial charge in [-0.2, -0.15) is 8.42 Å². The Morgan fingerprint density at radius 2 is 1.81 bits per heavy atom. The van der Waals surface area contributed by atoms with Crippen LogP contribution in [0.1, 0.15) is 17.5 Å². The molecule has 2 atom stereocenters. The summed E-state index contributed by atoms with van der Waals surface area (Å²) in [5.41, 5.74) is 1.97. The molecule has 1 saturated heterocycles.